The quantitative estimate of drug-likeness (QED) is 0.636. The van der Waals surface area contributed by atoms with Gasteiger partial charge in [0.25, 0.3) is 0 Å². The molecule has 1 aromatic heterocycles. The normalized spacial score (nSPS) is 11.9. The highest BCUT2D eigenvalue weighted by atomic mass is 16.6. The topological polar surface area (TPSA) is 58.9 Å². The molecule has 84 valence electrons. The molecular weight excluding hydrogens is 204 g/mol. The predicted octanol–water partition coefficient (Wildman–Crippen LogP) is 2.77. The maximum absolute atomic E-state index is 10.8. The van der Waals surface area contributed by atoms with Crippen molar-refractivity contribution in [2.75, 3.05) is 0 Å². The van der Waals surface area contributed by atoms with Crippen molar-refractivity contribution in [2.24, 2.45) is 0 Å². The minimum absolute atomic E-state index is 0.238. The standard InChI is InChI=1S/C12H14N2O2/c1-12(2,14(15)16)8-10-7-9-5-3-4-6-11(9)13-10/h3-7,13H,8H2,1-2H3. The van der Waals surface area contributed by atoms with E-state index in [0.29, 0.717) is 6.42 Å². The van der Waals surface area contributed by atoms with Gasteiger partial charge >= 0.3 is 0 Å². The van der Waals surface area contributed by atoms with Crippen molar-refractivity contribution < 1.29 is 4.92 Å². The molecule has 0 aliphatic rings. The van der Waals surface area contributed by atoms with Crippen LogP contribution in [0.2, 0.25) is 0 Å². The number of nitrogens with zero attached hydrogens (tertiary/aromatic N) is 1. The lowest BCUT2D eigenvalue weighted by Crippen LogP contribution is -2.33. The van der Waals surface area contributed by atoms with Crippen molar-refractivity contribution in [2.45, 2.75) is 25.8 Å². The van der Waals surface area contributed by atoms with E-state index in [-0.39, 0.29) is 4.92 Å². The number of rotatable bonds is 3. The second-order valence-corrected chi connectivity index (χ2v) is 4.63. The Bertz CT molecular complexity index is 496. The molecule has 1 aromatic carbocycles. The molecule has 0 saturated carbocycles. The monoisotopic (exact) mass is 218 g/mol. The Balaban J connectivity index is 2.32. The number of H-pyrrole nitrogens is 1. The van der Waals surface area contributed by atoms with Gasteiger partial charge in [0.05, 0.1) is 6.42 Å². The van der Waals surface area contributed by atoms with Crippen LogP contribution in [-0.4, -0.2) is 15.4 Å². The van der Waals surface area contributed by atoms with Crippen molar-refractivity contribution in [3.05, 3.63) is 46.1 Å². The average Bonchev–Trinajstić information content (AvgIpc) is 2.58. The number of benzene rings is 1. The van der Waals surface area contributed by atoms with Gasteiger partial charge < -0.3 is 4.98 Å². The minimum atomic E-state index is -0.930. The highest BCUT2D eigenvalue weighted by Crippen LogP contribution is 2.20. The van der Waals surface area contributed by atoms with Gasteiger partial charge in [-0.3, -0.25) is 10.1 Å². The summed E-state index contributed by atoms with van der Waals surface area (Å²) < 4.78 is 0. The SMILES string of the molecule is CC(C)(Cc1cc2ccccc2[nH]1)[N+](=O)[O-]. The van der Waals surface area contributed by atoms with E-state index >= 15 is 0 Å². The number of nitro groups is 1. The summed E-state index contributed by atoms with van der Waals surface area (Å²) in [5.74, 6) is 0. The molecule has 2 aromatic rings. The van der Waals surface area contributed by atoms with Crippen LogP contribution in [0, 0.1) is 10.1 Å². The third-order valence-corrected chi connectivity index (χ3v) is 2.70. The third-order valence-electron chi connectivity index (χ3n) is 2.70. The molecule has 0 radical (unpaired) electrons. The van der Waals surface area contributed by atoms with Crippen LogP contribution in [-0.2, 0) is 6.42 Å². The lowest BCUT2D eigenvalue weighted by molar-refractivity contribution is -0.560. The van der Waals surface area contributed by atoms with Crippen LogP contribution in [0.5, 0.6) is 0 Å². The number of hydrogen-bond donors (Lipinski definition) is 1. The zero-order chi connectivity index (χ0) is 11.8. The van der Waals surface area contributed by atoms with E-state index in [1.54, 1.807) is 13.8 Å². The first-order chi connectivity index (χ1) is 7.49. The first-order valence-corrected chi connectivity index (χ1v) is 5.20. The zero-order valence-corrected chi connectivity index (χ0v) is 9.36. The molecule has 0 aliphatic carbocycles. The molecular formula is C12H14N2O2. The fourth-order valence-corrected chi connectivity index (χ4v) is 1.76. The minimum Gasteiger partial charge on any atom is -0.358 e. The average molecular weight is 218 g/mol. The summed E-state index contributed by atoms with van der Waals surface area (Å²) in [7, 11) is 0. The van der Waals surface area contributed by atoms with E-state index < -0.39 is 5.54 Å². The van der Waals surface area contributed by atoms with Gasteiger partial charge in [0.15, 0.2) is 0 Å². The summed E-state index contributed by atoms with van der Waals surface area (Å²) in [6.07, 6.45) is 0.411. The van der Waals surface area contributed by atoms with Crippen LogP contribution in [0.4, 0.5) is 0 Å². The molecule has 1 N–H and O–H groups in total. The van der Waals surface area contributed by atoms with Crippen molar-refractivity contribution in [3.8, 4) is 0 Å². The van der Waals surface area contributed by atoms with Crippen molar-refractivity contribution in [1.29, 1.82) is 0 Å². The van der Waals surface area contributed by atoms with E-state index in [0.717, 1.165) is 16.6 Å². The Hall–Kier alpha value is -1.84. The second-order valence-electron chi connectivity index (χ2n) is 4.63. The molecule has 0 atom stereocenters. The number of aromatic amines is 1. The van der Waals surface area contributed by atoms with E-state index in [9.17, 15) is 10.1 Å². The van der Waals surface area contributed by atoms with Gasteiger partial charge in [-0.2, -0.15) is 0 Å². The summed E-state index contributed by atoms with van der Waals surface area (Å²) in [6, 6.07) is 9.84. The second kappa shape index (κ2) is 3.63. The summed E-state index contributed by atoms with van der Waals surface area (Å²) in [6.45, 7) is 3.27. The van der Waals surface area contributed by atoms with E-state index in [2.05, 4.69) is 4.98 Å². The third kappa shape index (κ3) is 1.91. The molecule has 1 heterocycles. The molecule has 16 heavy (non-hydrogen) atoms. The van der Waals surface area contributed by atoms with Gasteiger partial charge in [-0.05, 0) is 17.5 Å². The molecule has 0 fully saturated rings. The molecule has 0 unspecified atom stereocenters. The predicted molar refractivity (Wildman–Crippen MR) is 63.1 cm³/mol. The summed E-state index contributed by atoms with van der Waals surface area (Å²) >= 11 is 0. The van der Waals surface area contributed by atoms with Crippen LogP contribution >= 0.6 is 0 Å². The number of fused-ring (bicyclic) bond motifs is 1. The lowest BCUT2D eigenvalue weighted by atomic mass is 10.00. The van der Waals surface area contributed by atoms with Crippen LogP contribution in [0.1, 0.15) is 19.5 Å². The Kier molecular flexibility index (Phi) is 2.42. The molecule has 0 aliphatic heterocycles. The van der Waals surface area contributed by atoms with Crippen LogP contribution in [0.25, 0.3) is 10.9 Å². The van der Waals surface area contributed by atoms with Crippen molar-refractivity contribution >= 4 is 10.9 Å². The van der Waals surface area contributed by atoms with Crippen LogP contribution in [0.3, 0.4) is 0 Å². The highest BCUT2D eigenvalue weighted by Gasteiger charge is 2.31. The van der Waals surface area contributed by atoms with Gasteiger partial charge in [0.2, 0.25) is 5.54 Å². The highest BCUT2D eigenvalue weighted by molar-refractivity contribution is 5.80. The first-order valence-electron chi connectivity index (χ1n) is 5.20. The maximum Gasteiger partial charge on any atom is 0.222 e. The van der Waals surface area contributed by atoms with Crippen LogP contribution < -0.4 is 0 Å². The number of nitrogens with one attached hydrogen (secondary N) is 1. The molecule has 0 saturated heterocycles. The molecule has 0 amide bonds. The Morgan fingerprint density at radius 2 is 2.06 bits per heavy atom. The Morgan fingerprint density at radius 3 is 2.69 bits per heavy atom. The Morgan fingerprint density at radius 1 is 1.38 bits per heavy atom. The largest absolute Gasteiger partial charge is 0.358 e. The summed E-state index contributed by atoms with van der Waals surface area (Å²) in [5, 5.41) is 11.9. The van der Waals surface area contributed by atoms with Gasteiger partial charge in [-0.1, -0.05) is 18.2 Å². The molecule has 0 spiro atoms. The van der Waals surface area contributed by atoms with E-state index in [4.69, 9.17) is 0 Å². The summed E-state index contributed by atoms with van der Waals surface area (Å²) in [4.78, 5) is 13.8. The first kappa shape index (κ1) is 10.7. The fourth-order valence-electron chi connectivity index (χ4n) is 1.76. The smallest absolute Gasteiger partial charge is 0.222 e. The molecule has 2 rings (SSSR count). The maximum atomic E-state index is 10.8. The lowest BCUT2D eigenvalue weighted by Gasteiger charge is -2.13. The van der Waals surface area contributed by atoms with Crippen molar-refractivity contribution in [1.82, 2.24) is 4.98 Å². The van der Waals surface area contributed by atoms with E-state index in [1.807, 2.05) is 30.3 Å². The van der Waals surface area contributed by atoms with Gasteiger partial charge in [-0.15, -0.1) is 0 Å². The van der Waals surface area contributed by atoms with Crippen LogP contribution in [0.15, 0.2) is 30.3 Å². The Labute approximate surface area is 93.4 Å². The number of hydrogen-bond acceptors (Lipinski definition) is 2. The summed E-state index contributed by atoms with van der Waals surface area (Å²) in [5.41, 5.74) is 1.00. The van der Waals surface area contributed by atoms with Gasteiger partial charge in [-0.25, -0.2) is 0 Å². The molecule has 4 nitrogen and oxygen atoms in total. The fraction of sp³-hybridized carbons (Fsp3) is 0.333. The van der Waals surface area contributed by atoms with E-state index in [1.165, 1.54) is 0 Å². The molecule has 4 heteroatoms. The van der Waals surface area contributed by atoms with Gasteiger partial charge in [0.1, 0.15) is 0 Å². The number of para-hydroxylation sites is 1. The van der Waals surface area contributed by atoms with Gasteiger partial charge in [0, 0.05) is 30.0 Å². The number of aromatic nitrogens is 1. The van der Waals surface area contributed by atoms with Crippen molar-refractivity contribution in [3.63, 3.8) is 0 Å². The molecule has 0 bridgehead atoms. The zero-order valence-electron chi connectivity index (χ0n) is 9.36.